The Kier molecular flexibility index (Phi) is 4.88. The van der Waals surface area contributed by atoms with Gasteiger partial charge in [-0.1, -0.05) is 0 Å². The van der Waals surface area contributed by atoms with Crippen molar-refractivity contribution in [2.24, 2.45) is 0 Å². The van der Waals surface area contributed by atoms with Crippen LogP contribution < -0.4 is 9.04 Å². The van der Waals surface area contributed by atoms with Crippen LogP contribution in [0.3, 0.4) is 0 Å². The van der Waals surface area contributed by atoms with Crippen LogP contribution in [0.4, 0.5) is 5.69 Å². The van der Waals surface area contributed by atoms with E-state index in [2.05, 4.69) is 0 Å². The topological polar surface area (TPSA) is 108 Å². The molecule has 9 heteroatoms. The van der Waals surface area contributed by atoms with Crippen molar-refractivity contribution in [2.45, 2.75) is 19.4 Å². The van der Waals surface area contributed by atoms with E-state index in [9.17, 15) is 23.2 Å². The molecule has 0 amide bonds. The van der Waals surface area contributed by atoms with E-state index >= 15 is 0 Å². The first kappa shape index (κ1) is 18.8. The van der Waals surface area contributed by atoms with Gasteiger partial charge in [0.05, 0.1) is 11.9 Å². The SMILES string of the molecule is C[C@H]1Cc2cc(C(=O)COC(=O)c3cccc[n+]3[O-])ccc2N1S(C)(=O)=O. The number of esters is 1. The van der Waals surface area contributed by atoms with Crippen LogP contribution in [-0.2, 0) is 21.2 Å². The largest absolute Gasteiger partial charge is 0.618 e. The van der Waals surface area contributed by atoms with E-state index in [0.717, 1.165) is 18.0 Å². The van der Waals surface area contributed by atoms with E-state index in [-0.39, 0.29) is 11.7 Å². The van der Waals surface area contributed by atoms with Gasteiger partial charge in [-0.05, 0) is 43.2 Å². The standard InChI is InChI=1S/C18H18N2O6S/c1-12-9-14-10-13(6-7-15(14)20(12)27(2,24)25)17(21)11-26-18(22)16-5-3-4-8-19(16)23/h3-8,10,12H,9,11H2,1-2H3/t12-/m0/s1. The maximum atomic E-state index is 12.3. The van der Waals surface area contributed by atoms with Gasteiger partial charge in [0, 0.05) is 23.7 Å². The highest BCUT2D eigenvalue weighted by atomic mass is 32.2. The number of Topliss-reactive ketones (excluding diaryl/α,β-unsaturated/α-hetero) is 1. The summed E-state index contributed by atoms with van der Waals surface area (Å²) in [4.78, 5) is 24.2. The Balaban J connectivity index is 1.73. The number of carbonyl (C=O) groups is 2. The summed E-state index contributed by atoms with van der Waals surface area (Å²) in [5, 5.41) is 11.5. The number of rotatable bonds is 5. The van der Waals surface area contributed by atoms with Crippen LogP contribution in [0.1, 0.15) is 33.3 Å². The van der Waals surface area contributed by atoms with Crippen LogP contribution in [0.15, 0.2) is 42.6 Å². The van der Waals surface area contributed by atoms with Gasteiger partial charge in [0.2, 0.25) is 10.0 Å². The number of fused-ring (bicyclic) bond motifs is 1. The zero-order valence-corrected chi connectivity index (χ0v) is 15.6. The Bertz CT molecular complexity index is 1020. The molecule has 0 fully saturated rings. The summed E-state index contributed by atoms with van der Waals surface area (Å²) in [6.07, 6.45) is 2.79. The average Bonchev–Trinajstić information content (AvgIpc) is 2.94. The van der Waals surface area contributed by atoms with Crippen molar-refractivity contribution >= 4 is 27.5 Å². The minimum Gasteiger partial charge on any atom is -0.618 e. The Labute approximate surface area is 156 Å². The normalized spacial score (nSPS) is 16.1. The molecule has 1 aromatic heterocycles. The molecule has 0 radical (unpaired) electrons. The molecule has 0 bridgehead atoms. The van der Waals surface area contributed by atoms with Crippen LogP contribution in [0.2, 0.25) is 0 Å². The number of nitrogens with zero attached hydrogens (tertiary/aromatic N) is 2. The molecule has 0 unspecified atom stereocenters. The Morgan fingerprint density at radius 3 is 2.70 bits per heavy atom. The summed E-state index contributed by atoms with van der Waals surface area (Å²) in [6.45, 7) is 1.28. The predicted molar refractivity (Wildman–Crippen MR) is 96.9 cm³/mol. The molecule has 1 atom stereocenters. The van der Waals surface area contributed by atoms with Gasteiger partial charge in [-0.15, -0.1) is 0 Å². The molecule has 1 aliphatic rings. The molecule has 3 rings (SSSR count). The fourth-order valence-corrected chi connectivity index (χ4v) is 4.42. The number of anilines is 1. The van der Waals surface area contributed by atoms with Gasteiger partial charge in [-0.3, -0.25) is 9.10 Å². The third kappa shape index (κ3) is 3.77. The van der Waals surface area contributed by atoms with Crippen molar-refractivity contribution in [3.8, 4) is 0 Å². The molecule has 0 saturated carbocycles. The zero-order valence-electron chi connectivity index (χ0n) is 14.8. The molecule has 2 heterocycles. The quantitative estimate of drug-likeness (QED) is 0.327. The highest BCUT2D eigenvalue weighted by Crippen LogP contribution is 2.34. The molecule has 0 spiro atoms. The van der Waals surface area contributed by atoms with E-state index in [1.165, 1.54) is 28.6 Å². The maximum absolute atomic E-state index is 12.3. The Morgan fingerprint density at radius 1 is 1.30 bits per heavy atom. The number of carbonyl (C=O) groups excluding carboxylic acids is 2. The van der Waals surface area contributed by atoms with Crippen LogP contribution in [-0.4, -0.2) is 39.1 Å². The lowest BCUT2D eigenvalue weighted by molar-refractivity contribution is -0.608. The molecule has 1 aliphatic heterocycles. The van der Waals surface area contributed by atoms with E-state index < -0.39 is 28.4 Å². The van der Waals surface area contributed by atoms with Crippen molar-refractivity contribution in [2.75, 3.05) is 17.2 Å². The summed E-state index contributed by atoms with van der Waals surface area (Å²) in [6, 6.07) is 8.75. The third-order valence-corrected chi connectivity index (χ3v) is 5.55. The van der Waals surface area contributed by atoms with Crippen LogP contribution in [0.5, 0.6) is 0 Å². The molecule has 8 nitrogen and oxygen atoms in total. The zero-order chi connectivity index (χ0) is 19.8. The number of hydrogen-bond acceptors (Lipinski definition) is 6. The van der Waals surface area contributed by atoms with Crippen molar-refractivity contribution in [3.63, 3.8) is 0 Å². The van der Waals surface area contributed by atoms with Crippen molar-refractivity contribution in [3.05, 3.63) is 64.6 Å². The van der Waals surface area contributed by atoms with Gasteiger partial charge in [-0.25, -0.2) is 13.2 Å². The summed E-state index contributed by atoms with van der Waals surface area (Å²) in [5.41, 5.74) is 1.39. The second kappa shape index (κ2) is 6.99. The first-order chi connectivity index (χ1) is 12.7. The number of ketones is 1. The lowest BCUT2D eigenvalue weighted by Crippen LogP contribution is -2.35. The Hall–Kier alpha value is -2.94. The number of sulfonamides is 1. The van der Waals surface area contributed by atoms with Crippen molar-refractivity contribution in [1.29, 1.82) is 0 Å². The second-order valence-corrected chi connectivity index (χ2v) is 8.23. The van der Waals surface area contributed by atoms with E-state index in [0.29, 0.717) is 22.4 Å². The summed E-state index contributed by atoms with van der Waals surface area (Å²) >= 11 is 0. The molecule has 27 heavy (non-hydrogen) atoms. The van der Waals surface area contributed by atoms with Gasteiger partial charge in [0.25, 0.3) is 0 Å². The smallest absolute Gasteiger partial charge is 0.405 e. The summed E-state index contributed by atoms with van der Waals surface area (Å²) in [5.74, 6) is -1.33. The van der Waals surface area contributed by atoms with Gasteiger partial charge in [-0.2, -0.15) is 4.73 Å². The molecular formula is C18H18N2O6S. The monoisotopic (exact) mass is 390 g/mol. The van der Waals surface area contributed by atoms with Crippen LogP contribution in [0, 0.1) is 5.21 Å². The minimum atomic E-state index is -3.41. The first-order valence-corrected chi connectivity index (χ1v) is 10.0. The second-order valence-electron chi connectivity index (χ2n) is 6.37. The molecule has 0 saturated heterocycles. The van der Waals surface area contributed by atoms with Crippen molar-refractivity contribution in [1.82, 2.24) is 0 Å². The summed E-state index contributed by atoms with van der Waals surface area (Å²) < 4.78 is 30.5. The van der Waals surface area contributed by atoms with E-state index in [1.807, 2.05) is 0 Å². The first-order valence-electron chi connectivity index (χ1n) is 8.19. The predicted octanol–water partition coefficient (Wildman–Crippen LogP) is 1.07. The number of benzene rings is 1. The highest BCUT2D eigenvalue weighted by Gasteiger charge is 2.32. The molecule has 0 N–H and O–H groups in total. The fraction of sp³-hybridized carbons (Fsp3) is 0.278. The summed E-state index contributed by atoms with van der Waals surface area (Å²) in [7, 11) is -3.41. The number of ether oxygens (including phenoxy) is 1. The van der Waals surface area contributed by atoms with Gasteiger partial charge in [0.15, 0.2) is 18.6 Å². The van der Waals surface area contributed by atoms with E-state index in [4.69, 9.17) is 4.74 Å². The Morgan fingerprint density at radius 2 is 2.04 bits per heavy atom. The van der Waals surface area contributed by atoms with Gasteiger partial charge in [0.1, 0.15) is 0 Å². The van der Waals surface area contributed by atoms with Gasteiger partial charge >= 0.3 is 11.7 Å². The average molecular weight is 390 g/mol. The van der Waals surface area contributed by atoms with Crippen LogP contribution >= 0.6 is 0 Å². The fourth-order valence-electron chi connectivity index (χ4n) is 3.16. The molecular weight excluding hydrogens is 372 g/mol. The van der Waals surface area contributed by atoms with Crippen molar-refractivity contribution < 1.29 is 27.5 Å². The lowest BCUT2D eigenvalue weighted by Gasteiger charge is -2.21. The number of hydrogen-bond donors (Lipinski definition) is 0. The van der Waals surface area contributed by atoms with Crippen LogP contribution in [0.25, 0.3) is 0 Å². The molecule has 0 aliphatic carbocycles. The molecule has 2 aromatic rings. The van der Waals surface area contributed by atoms with E-state index in [1.54, 1.807) is 19.1 Å². The maximum Gasteiger partial charge on any atom is 0.405 e. The minimum absolute atomic E-state index is 0.211. The highest BCUT2D eigenvalue weighted by molar-refractivity contribution is 7.92. The molecule has 1 aromatic carbocycles. The van der Waals surface area contributed by atoms with Gasteiger partial charge < -0.3 is 9.94 Å². The third-order valence-electron chi connectivity index (χ3n) is 4.28. The molecule has 142 valence electrons. The number of aromatic nitrogens is 1. The number of pyridine rings is 1. The lowest BCUT2D eigenvalue weighted by atomic mass is 10.0.